The number of ether oxygens (including phenoxy) is 1. The van der Waals surface area contributed by atoms with Crippen LogP contribution in [0.4, 0.5) is 0 Å². The van der Waals surface area contributed by atoms with Gasteiger partial charge in [-0.05, 0) is 48.3 Å². The molecule has 74 valence electrons. The molecule has 14 heavy (non-hydrogen) atoms. The zero-order chi connectivity index (χ0) is 8.82. The molecule has 0 radical (unpaired) electrons. The van der Waals surface area contributed by atoms with E-state index < -0.39 is 0 Å². The monoisotopic (exact) mass is 189 g/mol. The molecule has 4 bridgehead atoms. The van der Waals surface area contributed by atoms with Gasteiger partial charge in [0.25, 0.3) is 0 Å². The van der Waals surface area contributed by atoms with Crippen LogP contribution in [0.15, 0.2) is 0 Å². The van der Waals surface area contributed by atoms with Crippen molar-refractivity contribution in [1.82, 2.24) is 0 Å². The normalized spacial score (nSPS) is 88.5. The maximum Gasteiger partial charge on any atom is 0.124 e. The predicted octanol–water partition coefficient (Wildman–Crippen LogP) is 0.818. The molecule has 2 heterocycles. The molecule has 10 unspecified atom stereocenters. The predicted molar refractivity (Wildman–Crippen MR) is 48.9 cm³/mol. The summed E-state index contributed by atoms with van der Waals surface area (Å²) in [6.07, 6.45) is 3.60. The van der Waals surface area contributed by atoms with Gasteiger partial charge in [-0.25, -0.2) is 0 Å². The van der Waals surface area contributed by atoms with Crippen LogP contribution in [0, 0.1) is 47.3 Å². The minimum atomic E-state index is -0.124. The fourth-order valence-electron chi connectivity index (χ4n) is 7.30. The molecule has 2 aliphatic heterocycles. The first kappa shape index (κ1) is 6.49. The van der Waals surface area contributed by atoms with Crippen LogP contribution in [0.3, 0.4) is 0 Å². The van der Waals surface area contributed by atoms with E-state index in [1.807, 2.05) is 0 Å². The van der Waals surface area contributed by atoms with E-state index in [1.165, 1.54) is 12.8 Å². The van der Waals surface area contributed by atoms with Crippen LogP contribution in [0.5, 0.6) is 0 Å². The van der Waals surface area contributed by atoms with Gasteiger partial charge in [-0.1, -0.05) is 0 Å². The van der Waals surface area contributed by atoms with Crippen LogP contribution in [0.1, 0.15) is 12.8 Å². The maximum absolute atomic E-state index is 6.55. The average Bonchev–Trinajstić information content (AvgIpc) is 2.60. The molecule has 5 saturated carbocycles. The third kappa shape index (κ3) is 0.327. The van der Waals surface area contributed by atoms with E-state index in [2.05, 4.69) is 0 Å². The Labute approximate surface area is 83.2 Å². The molecule has 0 amide bonds. The van der Waals surface area contributed by atoms with Gasteiger partial charge in [-0.15, -0.1) is 0 Å². The summed E-state index contributed by atoms with van der Waals surface area (Å²) in [5.74, 6) is 7.51. The fourth-order valence-corrected chi connectivity index (χ4v) is 7.30. The largest absolute Gasteiger partial charge is 0.356 e. The van der Waals surface area contributed by atoms with Gasteiger partial charge in [0.1, 0.15) is 5.72 Å². The van der Waals surface area contributed by atoms with Gasteiger partial charge in [0, 0.05) is 11.8 Å². The lowest BCUT2D eigenvalue weighted by molar-refractivity contribution is -0.0732. The molecule has 2 nitrogen and oxygen atoms in total. The zero-order valence-corrected chi connectivity index (χ0v) is 8.10. The zero-order valence-electron chi connectivity index (χ0n) is 8.10. The third-order valence-corrected chi connectivity index (χ3v) is 7.05. The molecule has 2 N–H and O–H groups in total. The Balaban J connectivity index is 1.77. The van der Waals surface area contributed by atoms with E-state index in [4.69, 9.17) is 10.5 Å². The lowest BCUT2D eigenvalue weighted by Crippen LogP contribution is -2.54. The number of nitrogens with two attached hydrogens (primary N) is 1. The van der Waals surface area contributed by atoms with Crippen molar-refractivity contribution in [2.45, 2.75) is 24.7 Å². The van der Waals surface area contributed by atoms with Crippen LogP contribution in [0.2, 0.25) is 0 Å². The molecule has 0 aromatic carbocycles. The summed E-state index contributed by atoms with van der Waals surface area (Å²) in [5, 5.41) is 0. The van der Waals surface area contributed by atoms with Gasteiger partial charge >= 0.3 is 0 Å². The standard InChI is InChI=1S/C12H15NO/c13-12-9-4-2-1-3-5-6(4)10(12)8(5)11(14-12)7(3)9/h3-11H,1-2,13H2. The first-order valence-electron chi connectivity index (χ1n) is 6.29. The number of fused-ring (bicyclic) bond motifs is 1. The Bertz CT molecular complexity index is 373. The van der Waals surface area contributed by atoms with Crippen molar-refractivity contribution in [3.05, 3.63) is 0 Å². The smallest absolute Gasteiger partial charge is 0.124 e. The van der Waals surface area contributed by atoms with E-state index in [0.29, 0.717) is 6.10 Å². The lowest BCUT2D eigenvalue weighted by atomic mass is 9.50. The van der Waals surface area contributed by atoms with E-state index in [-0.39, 0.29) is 5.72 Å². The van der Waals surface area contributed by atoms with Crippen molar-refractivity contribution >= 4 is 0 Å². The molecule has 0 aromatic rings. The van der Waals surface area contributed by atoms with Crippen molar-refractivity contribution in [2.24, 2.45) is 53.1 Å². The van der Waals surface area contributed by atoms with E-state index >= 15 is 0 Å². The highest BCUT2D eigenvalue weighted by Crippen LogP contribution is 2.86. The summed E-state index contributed by atoms with van der Waals surface area (Å²) in [5.41, 5.74) is 6.43. The molecule has 2 heteroatoms. The van der Waals surface area contributed by atoms with Gasteiger partial charge in [-0.2, -0.15) is 0 Å². The maximum atomic E-state index is 6.55. The highest BCUT2D eigenvalue weighted by atomic mass is 16.5. The van der Waals surface area contributed by atoms with E-state index in [0.717, 1.165) is 47.3 Å². The van der Waals surface area contributed by atoms with Crippen molar-refractivity contribution in [3.63, 3.8) is 0 Å². The van der Waals surface area contributed by atoms with Gasteiger partial charge in [0.05, 0.1) is 6.10 Å². The molecule has 2 saturated heterocycles. The quantitative estimate of drug-likeness (QED) is 0.612. The van der Waals surface area contributed by atoms with Crippen LogP contribution in [-0.4, -0.2) is 11.8 Å². The van der Waals surface area contributed by atoms with Crippen molar-refractivity contribution < 1.29 is 4.74 Å². The summed E-state index contributed by atoms with van der Waals surface area (Å²) in [4.78, 5) is 0. The first-order valence-corrected chi connectivity index (χ1v) is 6.29. The summed E-state index contributed by atoms with van der Waals surface area (Å²) < 4.78 is 6.21. The molecule has 0 aromatic heterocycles. The molecule has 5 aliphatic carbocycles. The Kier molecular flexibility index (Phi) is 0.660. The van der Waals surface area contributed by atoms with Gasteiger partial charge < -0.3 is 10.5 Å². The van der Waals surface area contributed by atoms with E-state index in [1.54, 1.807) is 0 Å². The summed E-state index contributed by atoms with van der Waals surface area (Å²) in [6.45, 7) is 0. The van der Waals surface area contributed by atoms with Crippen molar-refractivity contribution in [3.8, 4) is 0 Å². The van der Waals surface area contributed by atoms with Crippen molar-refractivity contribution in [2.75, 3.05) is 0 Å². The molecule has 7 rings (SSSR count). The van der Waals surface area contributed by atoms with E-state index in [9.17, 15) is 0 Å². The van der Waals surface area contributed by atoms with Crippen LogP contribution in [-0.2, 0) is 4.74 Å². The Morgan fingerprint density at radius 3 is 2.71 bits per heavy atom. The first-order chi connectivity index (χ1) is 6.82. The minimum Gasteiger partial charge on any atom is -0.356 e. The molecular formula is C12H15NO. The molecule has 0 spiro atoms. The van der Waals surface area contributed by atoms with Gasteiger partial charge in [0.15, 0.2) is 0 Å². The van der Waals surface area contributed by atoms with Gasteiger partial charge in [-0.3, -0.25) is 0 Å². The summed E-state index contributed by atoms with van der Waals surface area (Å²) >= 11 is 0. The topological polar surface area (TPSA) is 35.2 Å². The number of hydrogen-bond donors (Lipinski definition) is 1. The Hall–Kier alpha value is -0.0800. The fraction of sp³-hybridized carbons (Fsp3) is 1.00. The molecule has 7 aliphatic rings. The Morgan fingerprint density at radius 2 is 1.79 bits per heavy atom. The second-order valence-corrected chi connectivity index (χ2v) is 6.70. The third-order valence-electron chi connectivity index (χ3n) is 7.05. The summed E-state index contributed by atoms with van der Waals surface area (Å²) in [6, 6.07) is 0. The molecule has 10 atom stereocenters. The number of rotatable bonds is 0. The number of hydrogen-bond acceptors (Lipinski definition) is 2. The second-order valence-electron chi connectivity index (χ2n) is 6.70. The van der Waals surface area contributed by atoms with Crippen LogP contribution in [0.25, 0.3) is 0 Å². The average molecular weight is 189 g/mol. The van der Waals surface area contributed by atoms with Crippen LogP contribution < -0.4 is 5.73 Å². The highest BCUT2D eigenvalue weighted by molar-refractivity contribution is 5.35. The minimum absolute atomic E-state index is 0.124. The second kappa shape index (κ2) is 1.42. The molecule has 7 fully saturated rings. The highest BCUT2D eigenvalue weighted by Gasteiger charge is 2.89. The van der Waals surface area contributed by atoms with Gasteiger partial charge in [0.2, 0.25) is 0 Å². The lowest BCUT2D eigenvalue weighted by Gasteiger charge is -2.54. The Morgan fingerprint density at radius 1 is 0.929 bits per heavy atom. The van der Waals surface area contributed by atoms with Crippen LogP contribution >= 0.6 is 0 Å². The van der Waals surface area contributed by atoms with Crippen molar-refractivity contribution in [1.29, 1.82) is 0 Å². The SMILES string of the molecule is NC12OC3C4C5CCC(C6C5C3C61)C42. The summed E-state index contributed by atoms with van der Waals surface area (Å²) in [7, 11) is 0. The molecular weight excluding hydrogens is 174 g/mol.